The van der Waals surface area contributed by atoms with E-state index in [0.29, 0.717) is 38.9 Å². The van der Waals surface area contributed by atoms with Gasteiger partial charge in [-0.1, -0.05) is 0 Å². The second kappa shape index (κ2) is 7.05. The number of alkyl carbamates (subject to hydrolysis) is 1. The van der Waals surface area contributed by atoms with E-state index >= 15 is 0 Å². The summed E-state index contributed by atoms with van der Waals surface area (Å²) < 4.78 is 5.20. The number of carbonyl (C=O) groups is 2. The Morgan fingerprint density at radius 3 is 2.08 bits per heavy atom. The molecule has 0 saturated heterocycles. The molecule has 25 heavy (non-hydrogen) atoms. The number of amides is 2. The molecule has 0 unspecified atom stereocenters. The summed E-state index contributed by atoms with van der Waals surface area (Å²) >= 11 is 0. The van der Waals surface area contributed by atoms with Crippen LogP contribution in [0.25, 0.3) is 0 Å². The highest BCUT2D eigenvalue weighted by Gasteiger charge is 2.36. The first kappa shape index (κ1) is 19.3. The van der Waals surface area contributed by atoms with Crippen LogP contribution in [0.1, 0.15) is 53.9 Å². The average Bonchev–Trinajstić information content (AvgIpc) is 3.39. The number of hydrogen-bond donors (Lipinski definition) is 1. The normalized spacial score (nSPS) is 18.6. The highest BCUT2D eigenvalue weighted by atomic mass is 16.6. The van der Waals surface area contributed by atoms with Gasteiger partial charge in [-0.2, -0.15) is 20.5 Å². The Bertz CT molecular complexity index is 569. The van der Waals surface area contributed by atoms with Crippen molar-refractivity contribution in [2.24, 2.45) is 20.5 Å². The Hall–Kier alpha value is -2.06. The van der Waals surface area contributed by atoms with Crippen molar-refractivity contribution in [3.8, 4) is 0 Å². The topological polar surface area (TPSA) is 108 Å². The van der Waals surface area contributed by atoms with Gasteiger partial charge in [0.15, 0.2) is 11.3 Å². The summed E-state index contributed by atoms with van der Waals surface area (Å²) in [6, 6.07) is 0. The average molecular weight is 352 g/mol. The number of rotatable bonds is 9. The predicted octanol–water partition coefficient (Wildman–Crippen LogP) is 2.87. The van der Waals surface area contributed by atoms with Gasteiger partial charge >= 0.3 is 6.09 Å². The fraction of sp³-hybridized carbons (Fsp3) is 0.875. The molecule has 0 fully saturated rings. The maximum Gasteiger partial charge on any atom is 0.407 e. The molecule has 0 atom stereocenters. The fourth-order valence-corrected chi connectivity index (χ4v) is 2.19. The first-order valence-electron chi connectivity index (χ1n) is 8.63. The summed E-state index contributed by atoms with van der Waals surface area (Å²) in [6.45, 7) is 10.5. The largest absolute Gasteiger partial charge is 0.444 e. The summed E-state index contributed by atoms with van der Waals surface area (Å²) in [6.07, 6.45) is 1.17. The Morgan fingerprint density at radius 2 is 1.56 bits per heavy atom. The van der Waals surface area contributed by atoms with E-state index in [4.69, 9.17) is 4.74 Å². The van der Waals surface area contributed by atoms with Crippen LogP contribution in [0.5, 0.6) is 0 Å². The van der Waals surface area contributed by atoms with Crippen molar-refractivity contribution in [1.82, 2.24) is 10.2 Å². The number of nitrogens with one attached hydrogen (secondary N) is 1. The van der Waals surface area contributed by atoms with Crippen LogP contribution in [0, 0.1) is 0 Å². The standard InChI is InChI=1S/C16H28N6O3/c1-14(2,3)25-13(24)17-9-11-22(10-8-16(5)20-21-16)12(23)6-7-15(4)18-19-15/h6-11H2,1-5H3,(H,17,24). The summed E-state index contributed by atoms with van der Waals surface area (Å²) in [5.74, 6) is 0.0220. The van der Waals surface area contributed by atoms with Gasteiger partial charge in [0.2, 0.25) is 5.91 Å². The van der Waals surface area contributed by atoms with Crippen LogP contribution in [-0.2, 0) is 9.53 Å². The van der Waals surface area contributed by atoms with Crippen molar-refractivity contribution < 1.29 is 14.3 Å². The van der Waals surface area contributed by atoms with Crippen molar-refractivity contribution in [3.63, 3.8) is 0 Å². The molecule has 0 aromatic heterocycles. The molecule has 0 aromatic carbocycles. The molecule has 9 nitrogen and oxygen atoms in total. The maximum atomic E-state index is 12.5. The van der Waals surface area contributed by atoms with Crippen LogP contribution in [-0.4, -0.2) is 53.5 Å². The minimum absolute atomic E-state index is 0.0220. The third kappa shape index (κ3) is 7.15. The van der Waals surface area contributed by atoms with Crippen LogP contribution in [0.15, 0.2) is 20.5 Å². The smallest absolute Gasteiger partial charge is 0.407 e. The highest BCUT2D eigenvalue weighted by molar-refractivity contribution is 5.76. The van der Waals surface area contributed by atoms with E-state index in [-0.39, 0.29) is 17.2 Å². The quantitative estimate of drug-likeness (QED) is 0.689. The lowest BCUT2D eigenvalue weighted by Gasteiger charge is -2.25. The van der Waals surface area contributed by atoms with E-state index in [0.717, 1.165) is 0 Å². The van der Waals surface area contributed by atoms with Gasteiger partial charge in [0.25, 0.3) is 0 Å². The summed E-state index contributed by atoms with van der Waals surface area (Å²) in [5.41, 5.74) is -1.29. The zero-order valence-corrected chi connectivity index (χ0v) is 15.7. The molecule has 2 amide bonds. The molecule has 1 N–H and O–H groups in total. The zero-order valence-electron chi connectivity index (χ0n) is 15.7. The first-order valence-corrected chi connectivity index (χ1v) is 8.63. The van der Waals surface area contributed by atoms with Gasteiger partial charge in [0.1, 0.15) is 5.60 Å². The van der Waals surface area contributed by atoms with Crippen LogP contribution < -0.4 is 5.32 Å². The van der Waals surface area contributed by atoms with Crippen LogP contribution in [0.2, 0.25) is 0 Å². The van der Waals surface area contributed by atoms with Crippen molar-refractivity contribution in [2.75, 3.05) is 19.6 Å². The molecular weight excluding hydrogens is 324 g/mol. The second-order valence-corrected chi connectivity index (χ2v) is 7.89. The zero-order chi connectivity index (χ0) is 18.7. The number of nitrogens with zero attached hydrogens (tertiary/aromatic N) is 5. The van der Waals surface area contributed by atoms with Crippen LogP contribution in [0.3, 0.4) is 0 Å². The molecular formula is C16H28N6O3. The van der Waals surface area contributed by atoms with Gasteiger partial charge in [0.05, 0.1) is 0 Å². The molecule has 2 aliphatic rings. The lowest BCUT2D eigenvalue weighted by Crippen LogP contribution is -2.41. The molecule has 2 rings (SSSR count). The molecule has 0 spiro atoms. The van der Waals surface area contributed by atoms with Gasteiger partial charge in [-0.3, -0.25) is 4.79 Å². The molecule has 2 aliphatic heterocycles. The van der Waals surface area contributed by atoms with Crippen molar-refractivity contribution >= 4 is 12.0 Å². The number of hydrogen-bond acceptors (Lipinski definition) is 7. The van der Waals surface area contributed by atoms with Crippen molar-refractivity contribution in [2.45, 2.75) is 70.8 Å². The Morgan fingerprint density at radius 1 is 1.00 bits per heavy atom. The van der Waals surface area contributed by atoms with E-state index in [2.05, 4.69) is 25.8 Å². The van der Waals surface area contributed by atoms with Gasteiger partial charge in [-0.05, 0) is 34.6 Å². The number of carbonyl (C=O) groups excluding carboxylic acids is 2. The van der Waals surface area contributed by atoms with E-state index in [1.807, 2.05) is 13.8 Å². The molecule has 2 heterocycles. The molecule has 0 bridgehead atoms. The predicted molar refractivity (Wildman–Crippen MR) is 91.2 cm³/mol. The molecule has 9 heteroatoms. The lowest BCUT2D eigenvalue weighted by molar-refractivity contribution is -0.131. The Kier molecular flexibility index (Phi) is 5.43. The van der Waals surface area contributed by atoms with Crippen molar-refractivity contribution in [1.29, 1.82) is 0 Å². The molecule has 0 aromatic rings. The minimum atomic E-state index is -0.546. The Balaban J connectivity index is 1.76. The van der Waals surface area contributed by atoms with Gasteiger partial charge in [-0.25, -0.2) is 4.79 Å². The highest BCUT2D eigenvalue weighted by Crippen LogP contribution is 2.33. The maximum absolute atomic E-state index is 12.5. The molecule has 140 valence electrons. The first-order chi connectivity index (χ1) is 11.5. The molecule has 0 radical (unpaired) electrons. The third-order valence-corrected chi connectivity index (χ3v) is 3.95. The van der Waals surface area contributed by atoms with Crippen molar-refractivity contribution in [3.05, 3.63) is 0 Å². The number of ether oxygens (including phenoxy) is 1. The van der Waals surface area contributed by atoms with Gasteiger partial charge in [0, 0.05) is 38.9 Å². The van der Waals surface area contributed by atoms with E-state index in [1.54, 1.807) is 25.7 Å². The van der Waals surface area contributed by atoms with Crippen LogP contribution in [0.4, 0.5) is 4.79 Å². The lowest BCUT2D eigenvalue weighted by atomic mass is 10.1. The molecule has 0 aliphatic carbocycles. The second-order valence-electron chi connectivity index (χ2n) is 7.89. The van der Waals surface area contributed by atoms with Crippen LogP contribution >= 0.6 is 0 Å². The molecule has 0 saturated carbocycles. The van der Waals surface area contributed by atoms with E-state index in [9.17, 15) is 9.59 Å². The Labute approximate surface area is 148 Å². The van der Waals surface area contributed by atoms with Gasteiger partial charge < -0.3 is 15.0 Å². The monoisotopic (exact) mass is 352 g/mol. The SMILES string of the molecule is CC1(CCC(=O)N(CCNC(=O)OC(C)(C)C)CCC2(C)N=N2)N=N1. The third-order valence-electron chi connectivity index (χ3n) is 3.95. The van der Waals surface area contributed by atoms with E-state index < -0.39 is 11.7 Å². The summed E-state index contributed by atoms with van der Waals surface area (Å²) in [5, 5.41) is 18.5. The summed E-state index contributed by atoms with van der Waals surface area (Å²) in [7, 11) is 0. The van der Waals surface area contributed by atoms with Gasteiger partial charge in [-0.15, -0.1) is 0 Å². The fourth-order valence-electron chi connectivity index (χ4n) is 2.19. The van der Waals surface area contributed by atoms with E-state index in [1.165, 1.54) is 0 Å². The summed E-state index contributed by atoms with van der Waals surface area (Å²) in [4.78, 5) is 25.9. The minimum Gasteiger partial charge on any atom is -0.444 e.